The maximum absolute atomic E-state index is 13.2. The number of pyridine rings is 1. The van der Waals surface area contributed by atoms with Gasteiger partial charge in [0.05, 0.1) is 35.6 Å². The number of nitrogens with one attached hydrogen (secondary N) is 2. The number of aromatic nitrogens is 4. The standard InChI is InChI=1S/C26H19Cl2FN6O3/c1-13(29)25(36)32-16-6-4-5-7-17(16)33-26-31-12-14-10-15(24-30-8-9-35(24)23(14)34-26)20-21(27)18(37-2)11-19(38-3)22(20)28/h4-12H,1H2,2-3H3,(H,32,36)(H,31,33,34). The van der Waals surface area contributed by atoms with Gasteiger partial charge in [-0.2, -0.15) is 4.98 Å². The third-order valence-corrected chi connectivity index (χ3v) is 6.47. The van der Waals surface area contributed by atoms with Crippen molar-refractivity contribution >= 4 is 63.1 Å². The molecule has 9 nitrogen and oxygen atoms in total. The maximum atomic E-state index is 13.2. The SMILES string of the molecule is C=C(F)C(=O)Nc1ccccc1Nc1ncc2cc(-c3c(Cl)c(OC)cc(OC)c3Cl)c3nccn3c2n1. The van der Waals surface area contributed by atoms with Crippen molar-refractivity contribution in [3.05, 3.63) is 77.4 Å². The average Bonchev–Trinajstić information content (AvgIpc) is 3.41. The van der Waals surface area contributed by atoms with Crippen molar-refractivity contribution in [1.29, 1.82) is 0 Å². The van der Waals surface area contributed by atoms with Gasteiger partial charge in [0.2, 0.25) is 5.95 Å². The number of nitrogens with zero attached hydrogens (tertiary/aromatic N) is 4. The summed E-state index contributed by atoms with van der Waals surface area (Å²) in [5.74, 6) is -1.02. The molecule has 0 fully saturated rings. The number of ether oxygens (including phenoxy) is 2. The van der Waals surface area contributed by atoms with Gasteiger partial charge in [-0.25, -0.2) is 14.4 Å². The zero-order valence-corrected chi connectivity index (χ0v) is 21.6. The van der Waals surface area contributed by atoms with Crippen molar-refractivity contribution in [3.8, 4) is 22.6 Å². The Morgan fingerprint density at radius 2 is 1.71 bits per heavy atom. The molecule has 1 amide bonds. The molecule has 0 aliphatic heterocycles. The highest BCUT2D eigenvalue weighted by Crippen LogP contribution is 2.47. The van der Waals surface area contributed by atoms with Crippen LogP contribution in [0.5, 0.6) is 11.5 Å². The molecule has 0 radical (unpaired) electrons. The van der Waals surface area contributed by atoms with E-state index in [9.17, 15) is 9.18 Å². The Kier molecular flexibility index (Phi) is 6.75. The van der Waals surface area contributed by atoms with Gasteiger partial charge in [0.25, 0.3) is 5.91 Å². The summed E-state index contributed by atoms with van der Waals surface area (Å²) in [6.45, 7) is 3.02. The molecule has 5 aromatic rings. The van der Waals surface area contributed by atoms with E-state index in [2.05, 4.69) is 32.2 Å². The Morgan fingerprint density at radius 1 is 1.03 bits per heavy atom. The number of methoxy groups -OCH3 is 2. The molecule has 5 rings (SSSR count). The van der Waals surface area contributed by atoms with Crippen LogP contribution >= 0.6 is 23.2 Å². The van der Waals surface area contributed by atoms with Crippen LogP contribution in [0.2, 0.25) is 10.0 Å². The van der Waals surface area contributed by atoms with Crippen LogP contribution in [-0.4, -0.2) is 39.5 Å². The van der Waals surface area contributed by atoms with Gasteiger partial charge in [-0.15, -0.1) is 0 Å². The molecule has 2 N–H and O–H groups in total. The summed E-state index contributed by atoms with van der Waals surface area (Å²) < 4.78 is 25.8. The number of para-hydroxylation sites is 2. The summed E-state index contributed by atoms with van der Waals surface area (Å²) in [7, 11) is 3.01. The number of carbonyl (C=O) groups is 1. The van der Waals surface area contributed by atoms with Crippen molar-refractivity contribution in [2.24, 2.45) is 0 Å². The fraction of sp³-hybridized carbons (Fsp3) is 0.0769. The Labute approximate surface area is 225 Å². The molecule has 0 saturated heterocycles. The van der Waals surface area contributed by atoms with E-state index in [1.54, 1.807) is 53.3 Å². The second kappa shape index (κ2) is 10.2. The van der Waals surface area contributed by atoms with Crippen LogP contribution in [0, 0.1) is 0 Å². The van der Waals surface area contributed by atoms with Crippen LogP contribution < -0.4 is 20.1 Å². The lowest BCUT2D eigenvalue weighted by molar-refractivity contribution is -0.114. The Balaban J connectivity index is 1.62. The average molecular weight is 553 g/mol. The minimum absolute atomic E-state index is 0.236. The normalized spacial score (nSPS) is 11.0. The van der Waals surface area contributed by atoms with Gasteiger partial charge in [-0.05, 0) is 18.2 Å². The van der Waals surface area contributed by atoms with Gasteiger partial charge in [-0.3, -0.25) is 9.20 Å². The first-order valence-corrected chi connectivity index (χ1v) is 11.8. The molecule has 38 heavy (non-hydrogen) atoms. The number of halogens is 3. The Morgan fingerprint density at radius 3 is 2.37 bits per heavy atom. The minimum Gasteiger partial charge on any atom is -0.495 e. The molecule has 3 aromatic heterocycles. The first kappa shape index (κ1) is 25.2. The van der Waals surface area contributed by atoms with Crippen LogP contribution in [0.15, 0.2) is 67.4 Å². The van der Waals surface area contributed by atoms with Crippen LogP contribution in [0.25, 0.3) is 27.8 Å². The largest absolute Gasteiger partial charge is 0.495 e. The molecule has 3 heterocycles. The number of hydrogen-bond acceptors (Lipinski definition) is 7. The van der Waals surface area contributed by atoms with Crippen LogP contribution in [0.1, 0.15) is 0 Å². The lowest BCUT2D eigenvalue weighted by Gasteiger charge is -2.16. The van der Waals surface area contributed by atoms with Crippen molar-refractivity contribution in [2.45, 2.75) is 0 Å². The smallest absolute Gasteiger partial charge is 0.283 e. The molecule has 0 saturated carbocycles. The second-order valence-corrected chi connectivity index (χ2v) is 8.72. The van der Waals surface area contributed by atoms with E-state index in [0.29, 0.717) is 60.7 Å². The van der Waals surface area contributed by atoms with Gasteiger partial charge in [-0.1, -0.05) is 41.9 Å². The molecule has 0 spiro atoms. The van der Waals surface area contributed by atoms with Gasteiger partial charge in [0.1, 0.15) is 17.1 Å². The van der Waals surface area contributed by atoms with Gasteiger partial charge < -0.3 is 20.1 Å². The van der Waals surface area contributed by atoms with Crippen LogP contribution in [0.3, 0.4) is 0 Å². The predicted molar refractivity (Wildman–Crippen MR) is 145 cm³/mol. The Bertz CT molecular complexity index is 1710. The molecule has 0 bridgehead atoms. The molecule has 2 aromatic carbocycles. The summed E-state index contributed by atoms with van der Waals surface area (Å²) in [5, 5.41) is 6.79. The maximum Gasteiger partial charge on any atom is 0.283 e. The zero-order chi connectivity index (χ0) is 27.0. The summed E-state index contributed by atoms with van der Waals surface area (Å²) in [5.41, 5.74) is 2.98. The monoisotopic (exact) mass is 552 g/mol. The van der Waals surface area contributed by atoms with E-state index in [-0.39, 0.29) is 5.95 Å². The van der Waals surface area contributed by atoms with Crippen molar-refractivity contribution < 1.29 is 18.7 Å². The number of anilines is 3. The van der Waals surface area contributed by atoms with Gasteiger partial charge >= 0.3 is 0 Å². The van der Waals surface area contributed by atoms with E-state index in [0.717, 1.165) is 0 Å². The molecular weight excluding hydrogens is 534 g/mol. The second-order valence-electron chi connectivity index (χ2n) is 7.97. The first-order valence-electron chi connectivity index (χ1n) is 11.1. The minimum atomic E-state index is -1.10. The zero-order valence-electron chi connectivity index (χ0n) is 20.1. The first-order chi connectivity index (χ1) is 18.3. The van der Waals surface area contributed by atoms with E-state index >= 15 is 0 Å². The number of carbonyl (C=O) groups excluding carboxylic acids is 1. The molecule has 192 valence electrons. The van der Waals surface area contributed by atoms with Crippen LogP contribution in [0.4, 0.5) is 21.7 Å². The molecule has 0 unspecified atom stereocenters. The van der Waals surface area contributed by atoms with Gasteiger partial charge in [0.15, 0.2) is 11.5 Å². The van der Waals surface area contributed by atoms with Crippen molar-refractivity contribution in [3.63, 3.8) is 0 Å². The third kappa shape index (κ3) is 4.44. The molecule has 0 aliphatic rings. The van der Waals surface area contributed by atoms with Crippen molar-refractivity contribution in [2.75, 3.05) is 24.9 Å². The third-order valence-electron chi connectivity index (χ3n) is 5.72. The molecule has 0 atom stereocenters. The summed E-state index contributed by atoms with van der Waals surface area (Å²) in [6.07, 6.45) is 5.00. The molecule has 0 aliphatic carbocycles. The highest BCUT2D eigenvalue weighted by Gasteiger charge is 2.22. The lowest BCUT2D eigenvalue weighted by atomic mass is 10.0. The quantitative estimate of drug-likeness (QED) is 0.224. The molecular formula is C26H19Cl2FN6O3. The predicted octanol–water partition coefficient (Wildman–Crippen LogP) is 6.43. The highest BCUT2D eigenvalue weighted by atomic mass is 35.5. The number of imidazole rings is 1. The Hall–Kier alpha value is -4.41. The topological polar surface area (TPSA) is 103 Å². The highest BCUT2D eigenvalue weighted by molar-refractivity contribution is 6.41. The summed E-state index contributed by atoms with van der Waals surface area (Å²) in [6, 6.07) is 10.2. The van der Waals surface area contributed by atoms with E-state index in [1.165, 1.54) is 14.2 Å². The van der Waals surface area contributed by atoms with Crippen molar-refractivity contribution in [1.82, 2.24) is 19.4 Å². The van der Waals surface area contributed by atoms with E-state index in [4.69, 9.17) is 32.7 Å². The summed E-state index contributed by atoms with van der Waals surface area (Å²) in [4.78, 5) is 25.4. The van der Waals surface area contributed by atoms with Gasteiger partial charge in [0, 0.05) is 41.2 Å². The van der Waals surface area contributed by atoms with Crippen LogP contribution in [-0.2, 0) is 4.79 Å². The number of fused-ring (bicyclic) bond motifs is 3. The van der Waals surface area contributed by atoms with E-state index < -0.39 is 11.7 Å². The number of benzene rings is 2. The fourth-order valence-corrected chi connectivity index (χ4v) is 4.65. The van der Waals surface area contributed by atoms with E-state index in [1.807, 2.05) is 6.07 Å². The number of amides is 1. The molecule has 12 heteroatoms. The lowest BCUT2D eigenvalue weighted by Crippen LogP contribution is -2.12. The summed E-state index contributed by atoms with van der Waals surface area (Å²) >= 11 is 13.4. The fourth-order valence-electron chi connectivity index (χ4n) is 3.95. The number of hydrogen-bond donors (Lipinski definition) is 2. The number of rotatable bonds is 7.